The number of benzene rings is 1. The van der Waals surface area contributed by atoms with Crippen LogP contribution in [0.15, 0.2) is 18.2 Å². The van der Waals surface area contributed by atoms with Crippen LogP contribution in [0, 0.1) is 0 Å². The number of hydrogen-bond donors (Lipinski definition) is 1. The molecule has 0 spiro atoms. The van der Waals surface area contributed by atoms with Gasteiger partial charge in [0.25, 0.3) is 0 Å². The van der Waals surface area contributed by atoms with Crippen molar-refractivity contribution >= 4 is 5.97 Å². The zero-order valence-corrected chi connectivity index (χ0v) is 10.3. The van der Waals surface area contributed by atoms with Crippen LogP contribution in [-0.2, 0) is 16.0 Å². The molecule has 0 bridgehead atoms. The number of carbonyl (C=O) groups excluding carboxylic acids is 1. The second-order valence-corrected chi connectivity index (χ2v) is 4.04. The Balaban J connectivity index is 2.03. The lowest BCUT2D eigenvalue weighted by Crippen LogP contribution is -2.34. The first-order chi connectivity index (χ1) is 8.70. The molecule has 2 N–H and O–H groups in total. The van der Waals surface area contributed by atoms with Gasteiger partial charge < -0.3 is 19.9 Å². The molecular weight excluding hydrogens is 234 g/mol. The fourth-order valence-electron chi connectivity index (χ4n) is 1.80. The van der Waals surface area contributed by atoms with E-state index in [1.165, 1.54) is 0 Å². The normalized spacial score (nSPS) is 15.0. The van der Waals surface area contributed by atoms with Crippen LogP contribution in [0.5, 0.6) is 11.5 Å². The van der Waals surface area contributed by atoms with Gasteiger partial charge in [0.05, 0.1) is 6.61 Å². The zero-order chi connectivity index (χ0) is 13.0. The Morgan fingerprint density at radius 2 is 2.11 bits per heavy atom. The summed E-state index contributed by atoms with van der Waals surface area (Å²) in [6.45, 7) is 3.21. The first-order valence-electron chi connectivity index (χ1n) is 6.01. The van der Waals surface area contributed by atoms with Gasteiger partial charge in [-0.25, -0.2) is 0 Å². The summed E-state index contributed by atoms with van der Waals surface area (Å²) in [7, 11) is 0. The van der Waals surface area contributed by atoms with Crippen LogP contribution in [0.2, 0.25) is 0 Å². The lowest BCUT2D eigenvalue weighted by atomic mass is 10.1. The monoisotopic (exact) mass is 251 g/mol. The maximum atomic E-state index is 11.4. The van der Waals surface area contributed by atoms with Crippen LogP contribution in [0.4, 0.5) is 0 Å². The Bertz CT molecular complexity index is 433. The molecule has 0 saturated heterocycles. The molecule has 2 rings (SSSR count). The average Bonchev–Trinajstić information content (AvgIpc) is 2.39. The van der Waals surface area contributed by atoms with Gasteiger partial charge in [0.2, 0.25) is 0 Å². The molecule has 18 heavy (non-hydrogen) atoms. The topological polar surface area (TPSA) is 70.8 Å². The number of rotatable bonds is 4. The van der Waals surface area contributed by atoms with Crippen LogP contribution >= 0.6 is 0 Å². The van der Waals surface area contributed by atoms with E-state index < -0.39 is 6.04 Å². The van der Waals surface area contributed by atoms with Gasteiger partial charge >= 0.3 is 5.97 Å². The standard InChI is InChI=1S/C13H17NO4/c1-2-16-13(15)10(14)7-9-3-4-11-12(8-9)18-6-5-17-11/h3-4,8,10H,2,5-7,14H2,1H3. The van der Waals surface area contributed by atoms with E-state index in [1.807, 2.05) is 18.2 Å². The SMILES string of the molecule is CCOC(=O)C(N)Cc1ccc2c(c1)OCCO2. The third kappa shape index (κ3) is 2.92. The first kappa shape index (κ1) is 12.7. The van der Waals surface area contributed by atoms with Gasteiger partial charge in [0, 0.05) is 0 Å². The summed E-state index contributed by atoms with van der Waals surface area (Å²) in [5.41, 5.74) is 6.70. The van der Waals surface area contributed by atoms with E-state index >= 15 is 0 Å². The number of fused-ring (bicyclic) bond motifs is 1. The van der Waals surface area contributed by atoms with Crippen molar-refractivity contribution in [1.82, 2.24) is 0 Å². The molecule has 1 atom stereocenters. The van der Waals surface area contributed by atoms with Crippen molar-refractivity contribution in [3.8, 4) is 11.5 Å². The Hall–Kier alpha value is -1.75. The van der Waals surface area contributed by atoms with Gasteiger partial charge in [-0.3, -0.25) is 4.79 Å². The first-order valence-corrected chi connectivity index (χ1v) is 6.01. The Labute approximate surface area is 106 Å². The molecule has 0 amide bonds. The number of esters is 1. The van der Waals surface area contributed by atoms with Gasteiger partial charge in [-0.05, 0) is 31.0 Å². The van der Waals surface area contributed by atoms with Crippen LogP contribution in [0.3, 0.4) is 0 Å². The summed E-state index contributed by atoms with van der Waals surface area (Å²) in [4.78, 5) is 11.4. The van der Waals surface area contributed by atoms with Crippen LogP contribution in [0.1, 0.15) is 12.5 Å². The molecule has 0 fully saturated rings. The third-order valence-corrected chi connectivity index (χ3v) is 2.65. The quantitative estimate of drug-likeness (QED) is 0.805. The molecule has 1 aliphatic heterocycles. The van der Waals surface area contributed by atoms with E-state index in [1.54, 1.807) is 6.92 Å². The molecule has 1 aromatic rings. The molecule has 1 heterocycles. The predicted octanol–water partition coefficient (Wildman–Crippen LogP) is 0.891. The van der Waals surface area contributed by atoms with Gasteiger partial charge in [-0.1, -0.05) is 6.07 Å². The summed E-state index contributed by atoms with van der Waals surface area (Å²) in [6, 6.07) is 4.93. The van der Waals surface area contributed by atoms with Gasteiger partial charge in [0.15, 0.2) is 11.5 Å². The number of hydrogen-bond acceptors (Lipinski definition) is 5. The molecule has 0 saturated carbocycles. The lowest BCUT2D eigenvalue weighted by molar-refractivity contribution is -0.144. The smallest absolute Gasteiger partial charge is 0.323 e. The van der Waals surface area contributed by atoms with Crippen molar-refractivity contribution in [3.63, 3.8) is 0 Å². The summed E-state index contributed by atoms with van der Waals surface area (Å²) >= 11 is 0. The molecule has 0 aromatic heterocycles. The highest BCUT2D eigenvalue weighted by Gasteiger charge is 2.17. The van der Waals surface area contributed by atoms with E-state index in [0.717, 1.165) is 11.3 Å². The molecule has 0 radical (unpaired) electrons. The lowest BCUT2D eigenvalue weighted by Gasteiger charge is -2.19. The summed E-state index contributed by atoms with van der Waals surface area (Å²) < 4.78 is 15.8. The van der Waals surface area contributed by atoms with E-state index in [-0.39, 0.29) is 5.97 Å². The van der Waals surface area contributed by atoms with E-state index in [2.05, 4.69) is 0 Å². The number of ether oxygens (including phenoxy) is 3. The molecule has 1 unspecified atom stereocenters. The second-order valence-electron chi connectivity index (χ2n) is 4.04. The highest BCUT2D eigenvalue weighted by molar-refractivity contribution is 5.75. The molecule has 98 valence electrons. The highest BCUT2D eigenvalue weighted by Crippen LogP contribution is 2.30. The second kappa shape index (κ2) is 5.73. The fraction of sp³-hybridized carbons (Fsp3) is 0.462. The molecular formula is C13H17NO4. The van der Waals surface area contributed by atoms with Crippen molar-refractivity contribution < 1.29 is 19.0 Å². The maximum absolute atomic E-state index is 11.4. The van der Waals surface area contributed by atoms with Crippen molar-refractivity contribution in [1.29, 1.82) is 0 Å². The Morgan fingerprint density at radius 3 is 2.83 bits per heavy atom. The number of carbonyl (C=O) groups is 1. The molecule has 5 nitrogen and oxygen atoms in total. The van der Waals surface area contributed by atoms with Crippen molar-refractivity contribution in [2.45, 2.75) is 19.4 Å². The molecule has 1 aromatic carbocycles. The Kier molecular flexibility index (Phi) is 4.04. The summed E-state index contributed by atoms with van der Waals surface area (Å²) in [5.74, 6) is 1.05. The van der Waals surface area contributed by atoms with Gasteiger partial charge in [-0.15, -0.1) is 0 Å². The summed E-state index contributed by atoms with van der Waals surface area (Å²) in [6.07, 6.45) is 0.426. The minimum Gasteiger partial charge on any atom is -0.486 e. The minimum atomic E-state index is -0.646. The van der Waals surface area contributed by atoms with Gasteiger partial charge in [-0.2, -0.15) is 0 Å². The molecule has 5 heteroatoms. The average molecular weight is 251 g/mol. The van der Waals surface area contributed by atoms with E-state index in [0.29, 0.717) is 32.0 Å². The third-order valence-electron chi connectivity index (χ3n) is 2.65. The minimum absolute atomic E-state index is 0.341. The number of nitrogens with two attached hydrogens (primary N) is 1. The van der Waals surface area contributed by atoms with Crippen molar-refractivity contribution in [2.24, 2.45) is 5.73 Å². The Morgan fingerprint density at radius 1 is 1.39 bits per heavy atom. The maximum Gasteiger partial charge on any atom is 0.323 e. The molecule has 0 aliphatic carbocycles. The van der Waals surface area contributed by atoms with Crippen molar-refractivity contribution in [3.05, 3.63) is 23.8 Å². The zero-order valence-electron chi connectivity index (χ0n) is 10.3. The van der Waals surface area contributed by atoms with E-state index in [9.17, 15) is 4.79 Å². The molecule has 1 aliphatic rings. The van der Waals surface area contributed by atoms with Crippen LogP contribution in [-0.4, -0.2) is 31.8 Å². The van der Waals surface area contributed by atoms with Crippen molar-refractivity contribution in [2.75, 3.05) is 19.8 Å². The fourth-order valence-corrected chi connectivity index (χ4v) is 1.80. The predicted molar refractivity (Wildman–Crippen MR) is 65.7 cm³/mol. The summed E-state index contributed by atoms with van der Waals surface area (Å²) in [5, 5.41) is 0. The largest absolute Gasteiger partial charge is 0.486 e. The van der Waals surface area contributed by atoms with Gasteiger partial charge in [0.1, 0.15) is 19.3 Å². The highest BCUT2D eigenvalue weighted by atomic mass is 16.6. The van der Waals surface area contributed by atoms with Crippen LogP contribution in [0.25, 0.3) is 0 Å². The van der Waals surface area contributed by atoms with Crippen LogP contribution < -0.4 is 15.2 Å². The van der Waals surface area contributed by atoms with E-state index in [4.69, 9.17) is 19.9 Å².